The smallest absolute Gasteiger partial charge is 0.309 e. The van der Waals surface area contributed by atoms with E-state index in [9.17, 15) is 9.90 Å². The van der Waals surface area contributed by atoms with Crippen molar-refractivity contribution < 1.29 is 9.90 Å². The van der Waals surface area contributed by atoms with E-state index >= 15 is 0 Å². The van der Waals surface area contributed by atoms with Gasteiger partial charge in [-0.15, -0.1) is 0 Å². The molecule has 0 radical (unpaired) electrons. The van der Waals surface area contributed by atoms with E-state index in [0.29, 0.717) is 5.41 Å². The molecule has 1 N–H and O–H groups in total. The van der Waals surface area contributed by atoms with E-state index in [1.807, 2.05) is 13.8 Å². The fraction of sp³-hybridized carbons (Fsp3) is 0.708. The summed E-state index contributed by atoms with van der Waals surface area (Å²) in [6.45, 7) is 15.0. The van der Waals surface area contributed by atoms with Crippen LogP contribution in [0.3, 0.4) is 0 Å². The Hall–Kier alpha value is -1.31. The van der Waals surface area contributed by atoms with Crippen LogP contribution >= 0.6 is 0 Å². The number of carboxylic acid groups (broad SMARTS) is 1. The van der Waals surface area contributed by atoms with Crippen molar-refractivity contribution in [1.82, 2.24) is 0 Å². The lowest BCUT2D eigenvalue weighted by atomic mass is 9.86. The molecule has 0 amide bonds. The maximum Gasteiger partial charge on any atom is 0.309 e. The number of unbranched alkanes of at least 4 members (excludes halogenated alkanes) is 2. The van der Waals surface area contributed by atoms with Gasteiger partial charge in [0.1, 0.15) is 0 Å². The van der Waals surface area contributed by atoms with Crippen molar-refractivity contribution in [3.05, 3.63) is 34.4 Å². The number of rotatable bonds is 10. The fourth-order valence-corrected chi connectivity index (χ4v) is 3.36. The average molecular weight is 361 g/mol. The van der Waals surface area contributed by atoms with Gasteiger partial charge >= 0.3 is 5.97 Å². The van der Waals surface area contributed by atoms with E-state index in [4.69, 9.17) is 0 Å². The van der Waals surface area contributed by atoms with Crippen molar-refractivity contribution in [2.45, 2.75) is 99.8 Å². The molecule has 0 fully saturated rings. The lowest BCUT2D eigenvalue weighted by molar-refractivity contribution is -0.147. The van der Waals surface area contributed by atoms with Crippen molar-refractivity contribution in [1.29, 1.82) is 0 Å². The van der Waals surface area contributed by atoms with Gasteiger partial charge in [-0.2, -0.15) is 0 Å². The van der Waals surface area contributed by atoms with Gasteiger partial charge in [-0.05, 0) is 93.9 Å². The predicted octanol–water partition coefficient (Wildman–Crippen LogP) is 6.89. The molecule has 0 unspecified atom stereocenters. The molecule has 0 spiro atoms. The summed E-state index contributed by atoms with van der Waals surface area (Å²) in [6, 6.07) is 4.74. The van der Waals surface area contributed by atoms with Crippen molar-refractivity contribution in [3.63, 3.8) is 0 Å². The van der Waals surface area contributed by atoms with Gasteiger partial charge in [0.25, 0.3) is 0 Å². The molecule has 0 aromatic heterocycles. The third kappa shape index (κ3) is 7.93. The Morgan fingerprint density at radius 2 is 1.23 bits per heavy atom. The number of carboxylic acids is 1. The van der Waals surface area contributed by atoms with Gasteiger partial charge in [-0.25, -0.2) is 0 Å². The molecule has 1 aromatic rings. The number of hydrogen-bond acceptors (Lipinski definition) is 1. The van der Waals surface area contributed by atoms with Gasteiger partial charge in [0.15, 0.2) is 0 Å². The van der Waals surface area contributed by atoms with Gasteiger partial charge in [0.2, 0.25) is 0 Å². The standard InChI is InChI=1S/C24H40O2/c1-18-16-20(12-8-10-14-23(3,4)5)21(17-19(18)2)13-9-11-15-24(6,7)22(25)26/h16-17H,8-15H2,1-7H3,(H,25,26). The quantitative estimate of drug-likeness (QED) is 0.461. The molecule has 148 valence electrons. The topological polar surface area (TPSA) is 37.3 Å². The van der Waals surface area contributed by atoms with E-state index in [1.165, 1.54) is 41.5 Å². The second kappa shape index (κ2) is 9.58. The first-order valence-corrected chi connectivity index (χ1v) is 10.2. The lowest BCUT2D eigenvalue weighted by Crippen LogP contribution is -2.23. The van der Waals surface area contributed by atoms with Crippen LogP contribution in [0.4, 0.5) is 0 Å². The van der Waals surface area contributed by atoms with E-state index in [0.717, 1.165) is 32.1 Å². The Morgan fingerprint density at radius 3 is 1.62 bits per heavy atom. The Morgan fingerprint density at radius 1 is 0.808 bits per heavy atom. The van der Waals surface area contributed by atoms with Crippen molar-refractivity contribution >= 4 is 5.97 Å². The monoisotopic (exact) mass is 360 g/mol. The van der Waals surface area contributed by atoms with E-state index in [-0.39, 0.29) is 0 Å². The largest absolute Gasteiger partial charge is 0.481 e. The van der Waals surface area contributed by atoms with Crippen LogP contribution in [0.2, 0.25) is 0 Å². The molecule has 0 bridgehead atoms. The number of benzene rings is 1. The zero-order valence-electron chi connectivity index (χ0n) is 18.2. The van der Waals surface area contributed by atoms with Crippen LogP contribution in [0.1, 0.15) is 95.4 Å². The van der Waals surface area contributed by atoms with Gasteiger partial charge < -0.3 is 5.11 Å². The molecule has 1 aromatic carbocycles. The molecule has 0 aliphatic heterocycles. The van der Waals surface area contributed by atoms with E-state index < -0.39 is 11.4 Å². The van der Waals surface area contributed by atoms with Gasteiger partial charge in [-0.1, -0.05) is 45.7 Å². The lowest BCUT2D eigenvalue weighted by Gasteiger charge is -2.19. The van der Waals surface area contributed by atoms with Gasteiger partial charge in [0.05, 0.1) is 5.41 Å². The van der Waals surface area contributed by atoms with Crippen molar-refractivity contribution in [2.24, 2.45) is 10.8 Å². The van der Waals surface area contributed by atoms with Crippen LogP contribution < -0.4 is 0 Å². The fourth-order valence-electron chi connectivity index (χ4n) is 3.36. The highest BCUT2D eigenvalue weighted by Gasteiger charge is 2.26. The number of aliphatic carboxylic acids is 1. The SMILES string of the molecule is Cc1cc(CCCCC(C)(C)C)c(CCCCC(C)(C)C(=O)O)cc1C. The molecule has 0 saturated carbocycles. The second-order valence-electron chi connectivity index (χ2n) is 9.87. The summed E-state index contributed by atoms with van der Waals surface area (Å²) in [5.74, 6) is -0.691. The first-order chi connectivity index (χ1) is 11.9. The molecule has 0 aliphatic carbocycles. The molecule has 2 heteroatoms. The molecule has 0 aliphatic rings. The summed E-state index contributed by atoms with van der Waals surface area (Å²) in [5, 5.41) is 9.25. The number of carbonyl (C=O) groups is 1. The zero-order valence-corrected chi connectivity index (χ0v) is 18.2. The summed E-state index contributed by atoms with van der Waals surface area (Å²) >= 11 is 0. The minimum Gasteiger partial charge on any atom is -0.481 e. The summed E-state index contributed by atoms with van der Waals surface area (Å²) in [6.07, 6.45) is 8.80. The Bertz CT molecular complexity index is 591. The first kappa shape index (κ1) is 22.7. The molecule has 26 heavy (non-hydrogen) atoms. The first-order valence-electron chi connectivity index (χ1n) is 10.2. The Balaban J connectivity index is 2.63. The average Bonchev–Trinajstić information content (AvgIpc) is 2.50. The van der Waals surface area contributed by atoms with Gasteiger partial charge in [-0.3, -0.25) is 4.79 Å². The second-order valence-corrected chi connectivity index (χ2v) is 9.87. The van der Waals surface area contributed by atoms with Crippen LogP contribution in [0, 0.1) is 24.7 Å². The summed E-state index contributed by atoms with van der Waals surface area (Å²) in [5.41, 5.74) is 5.52. The molecule has 1 rings (SSSR count). The normalized spacial score (nSPS) is 12.4. The minimum absolute atomic E-state index is 0.420. The highest BCUT2D eigenvalue weighted by Crippen LogP contribution is 2.26. The molecule has 0 atom stereocenters. The van der Waals surface area contributed by atoms with Crippen molar-refractivity contribution in [2.75, 3.05) is 0 Å². The zero-order chi connectivity index (χ0) is 20.0. The molecule has 0 heterocycles. The Kier molecular flexibility index (Phi) is 8.37. The molecular weight excluding hydrogens is 320 g/mol. The third-order valence-electron chi connectivity index (χ3n) is 5.52. The highest BCUT2D eigenvalue weighted by atomic mass is 16.4. The molecule has 2 nitrogen and oxygen atoms in total. The summed E-state index contributed by atoms with van der Waals surface area (Å²) < 4.78 is 0. The van der Waals surface area contributed by atoms with Crippen LogP contribution in [0.5, 0.6) is 0 Å². The van der Waals surface area contributed by atoms with E-state index in [1.54, 1.807) is 0 Å². The predicted molar refractivity (Wildman–Crippen MR) is 112 cm³/mol. The number of hydrogen-bond donors (Lipinski definition) is 1. The maximum absolute atomic E-state index is 11.2. The van der Waals surface area contributed by atoms with Crippen LogP contribution in [0.15, 0.2) is 12.1 Å². The van der Waals surface area contributed by atoms with Crippen LogP contribution in [-0.4, -0.2) is 11.1 Å². The number of aryl methyl sites for hydroxylation is 4. The highest BCUT2D eigenvalue weighted by molar-refractivity contribution is 5.73. The van der Waals surface area contributed by atoms with Crippen LogP contribution in [0.25, 0.3) is 0 Å². The van der Waals surface area contributed by atoms with E-state index in [2.05, 4.69) is 46.8 Å². The maximum atomic E-state index is 11.2. The van der Waals surface area contributed by atoms with Gasteiger partial charge in [0, 0.05) is 0 Å². The summed E-state index contributed by atoms with van der Waals surface area (Å²) in [4.78, 5) is 11.2. The van der Waals surface area contributed by atoms with Crippen LogP contribution in [-0.2, 0) is 17.6 Å². The molecule has 0 saturated heterocycles. The van der Waals surface area contributed by atoms with Crippen molar-refractivity contribution in [3.8, 4) is 0 Å². The Labute approximate surface area is 161 Å². The minimum atomic E-state index is -0.691. The summed E-state index contributed by atoms with van der Waals surface area (Å²) in [7, 11) is 0. The molecular formula is C24H40O2. The third-order valence-corrected chi connectivity index (χ3v) is 5.52.